The van der Waals surface area contributed by atoms with Gasteiger partial charge in [-0.2, -0.15) is 13.2 Å². The van der Waals surface area contributed by atoms with E-state index in [4.69, 9.17) is 0 Å². The van der Waals surface area contributed by atoms with E-state index in [-0.39, 0.29) is 5.56 Å². The van der Waals surface area contributed by atoms with Gasteiger partial charge in [-0.3, -0.25) is 4.79 Å². The second-order valence-electron chi connectivity index (χ2n) is 9.30. The Bertz CT molecular complexity index is 764. The van der Waals surface area contributed by atoms with Crippen LogP contribution in [0.1, 0.15) is 93.1 Å². The second-order valence-corrected chi connectivity index (χ2v) is 9.30. The molecule has 1 heterocycles. The van der Waals surface area contributed by atoms with E-state index >= 15 is 0 Å². The number of halogens is 3. The van der Waals surface area contributed by atoms with Crippen LogP contribution in [0.2, 0.25) is 0 Å². The van der Waals surface area contributed by atoms with Crippen molar-refractivity contribution in [2.45, 2.75) is 90.8 Å². The highest BCUT2D eigenvalue weighted by atomic mass is 19.4. The Morgan fingerprint density at radius 3 is 2.06 bits per heavy atom. The number of hydrogen-bond donors (Lipinski definition) is 1. The van der Waals surface area contributed by atoms with Gasteiger partial charge in [0.2, 0.25) is 0 Å². The molecule has 186 valence electrons. The Hall–Kier alpha value is -1.82. The molecule has 1 aliphatic heterocycles. The molecule has 0 bridgehead atoms. The molecule has 0 atom stereocenters. The average molecular weight is 467 g/mol. The maximum atomic E-state index is 12.5. The van der Waals surface area contributed by atoms with Gasteiger partial charge < -0.3 is 10.2 Å². The van der Waals surface area contributed by atoms with Gasteiger partial charge in [0.1, 0.15) is 0 Å². The fraction of sp³-hybridized carbons (Fsp3) is 0.667. The molecule has 1 N–H and O–H groups in total. The van der Waals surface area contributed by atoms with Crippen molar-refractivity contribution >= 4 is 5.91 Å². The number of aryl methyl sites for hydroxylation is 1. The number of rotatable bonds is 2. The van der Waals surface area contributed by atoms with Crippen LogP contribution in [-0.4, -0.2) is 37.0 Å². The van der Waals surface area contributed by atoms with Crippen molar-refractivity contribution in [3.05, 3.63) is 47.0 Å². The molecule has 0 unspecified atom stereocenters. The van der Waals surface area contributed by atoms with E-state index in [2.05, 4.69) is 22.4 Å². The van der Waals surface area contributed by atoms with Gasteiger partial charge in [0.05, 0.1) is 11.1 Å². The lowest BCUT2D eigenvalue weighted by Crippen LogP contribution is -2.47. The average Bonchev–Trinajstić information content (AvgIpc) is 3.00. The number of amides is 1. The number of benzene rings is 1. The van der Waals surface area contributed by atoms with E-state index in [0.29, 0.717) is 5.56 Å². The summed E-state index contributed by atoms with van der Waals surface area (Å²) >= 11 is 0. The molecular formula is C27H41F3N2O. The van der Waals surface area contributed by atoms with Crippen molar-refractivity contribution in [1.82, 2.24) is 10.2 Å². The van der Waals surface area contributed by atoms with E-state index in [0.717, 1.165) is 17.5 Å². The van der Waals surface area contributed by atoms with E-state index in [9.17, 15) is 18.0 Å². The van der Waals surface area contributed by atoms with Gasteiger partial charge in [-0.1, -0.05) is 44.1 Å². The van der Waals surface area contributed by atoms with Crippen LogP contribution >= 0.6 is 0 Å². The van der Waals surface area contributed by atoms with E-state index in [1.54, 1.807) is 6.92 Å². The molecule has 1 aromatic carbocycles. The number of likely N-dealkylation sites (tertiary alicyclic amines) is 1. The molecule has 0 radical (unpaired) electrons. The summed E-state index contributed by atoms with van der Waals surface area (Å²) in [6.07, 6.45) is 13.3. The fourth-order valence-electron chi connectivity index (χ4n) is 4.98. The van der Waals surface area contributed by atoms with Crippen molar-refractivity contribution in [3.8, 4) is 0 Å². The van der Waals surface area contributed by atoms with Crippen molar-refractivity contribution < 1.29 is 18.0 Å². The minimum absolute atomic E-state index is 0.351. The maximum absolute atomic E-state index is 12.5. The lowest BCUT2D eigenvalue weighted by Gasteiger charge is -2.46. The topological polar surface area (TPSA) is 32.3 Å². The monoisotopic (exact) mass is 466 g/mol. The van der Waals surface area contributed by atoms with E-state index < -0.39 is 17.6 Å². The Labute approximate surface area is 197 Å². The van der Waals surface area contributed by atoms with E-state index in [1.165, 1.54) is 90.1 Å². The number of carbonyl (C=O) groups excluding carboxylic acids is 1. The predicted octanol–water partition coefficient (Wildman–Crippen LogP) is 7.15. The summed E-state index contributed by atoms with van der Waals surface area (Å²) in [6, 6.07) is 4.59. The number of piperidine rings is 1. The molecule has 3 aliphatic rings. The van der Waals surface area contributed by atoms with Crippen LogP contribution in [0, 0.1) is 12.3 Å². The van der Waals surface area contributed by atoms with Gasteiger partial charge >= 0.3 is 6.18 Å². The van der Waals surface area contributed by atoms with Crippen molar-refractivity contribution in [2.75, 3.05) is 20.1 Å². The molecule has 0 aromatic heterocycles. The van der Waals surface area contributed by atoms with E-state index in [1.807, 2.05) is 13.8 Å². The Morgan fingerprint density at radius 1 is 1.03 bits per heavy atom. The first-order valence-corrected chi connectivity index (χ1v) is 12.5. The zero-order valence-corrected chi connectivity index (χ0v) is 20.7. The first-order valence-electron chi connectivity index (χ1n) is 12.5. The SMILES string of the molecule is C1=CCCC2(CC1)CCN(C1CCC1)CC2.CC.CNC(=O)c1ccc(C)cc1C(F)(F)F. The minimum Gasteiger partial charge on any atom is -0.355 e. The highest BCUT2D eigenvalue weighted by Gasteiger charge is 2.37. The molecule has 1 amide bonds. The normalized spacial score (nSPS) is 20.5. The molecule has 1 saturated carbocycles. The molecule has 1 aromatic rings. The van der Waals surface area contributed by atoms with Gasteiger partial charge in [-0.15, -0.1) is 0 Å². The zero-order valence-electron chi connectivity index (χ0n) is 20.7. The van der Waals surface area contributed by atoms with Gasteiger partial charge in [0.25, 0.3) is 5.91 Å². The molecule has 1 spiro atoms. The summed E-state index contributed by atoms with van der Waals surface area (Å²) in [5.41, 5.74) is -0.0588. The molecule has 2 fully saturated rings. The molecule has 1 saturated heterocycles. The number of carbonyl (C=O) groups is 1. The Kier molecular flexibility index (Phi) is 10.5. The summed E-state index contributed by atoms with van der Waals surface area (Å²) in [5.74, 6) is -0.734. The number of nitrogens with zero attached hydrogens (tertiary/aromatic N) is 1. The standard InChI is InChI=1S/C15H25N.C10H10F3NO.C2H6/c1-2-4-9-15(8-3-1)10-12-16(13-11-15)14-6-5-7-14;1-6-3-4-7(9(15)14-2)8(5-6)10(11,12)13;1-2/h1-2,14H,3-13H2;3-5H,1-2H3,(H,14,15);1-2H3. The van der Waals surface area contributed by atoms with Crippen molar-refractivity contribution in [2.24, 2.45) is 5.41 Å². The summed E-state index contributed by atoms with van der Waals surface area (Å²) in [7, 11) is 1.29. The highest BCUT2D eigenvalue weighted by Crippen LogP contribution is 2.43. The van der Waals surface area contributed by atoms with Crippen LogP contribution in [0.3, 0.4) is 0 Å². The zero-order chi connectivity index (χ0) is 24.5. The number of alkyl halides is 3. The maximum Gasteiger partial charge on any atom is 0.417 e. The highest BCUT2D eigenvalue weighted by molar-refractivity contribution is 5.95. The molecular weight excluding hydrogens is 425 g/mol. The van der Waals surface area contributed by atoms with Gasteiger partial charge in [0, 0.05) is 13.1 Å². The van der Waals surface area contributed by atoms with Crippen LogP contribution in [0.15, 0.2) is 30.4 Å². The smallest absolute Gasteiger partial charge is 0.355 e. The van der Waals surface area contributed by atoms with Crippen LogP contribution in [0.5, 0.6) is 0 Å². The first kappa shape index (κ1) is 27.4. The molecule has 3 nitrogen and oxygen atoms in total. The van der Waals surface area contributed by atoms with Crippen LogP contribution in [-0.2, 0) is 6.18 Å². The molecule has 33 heavy (non-hydrogen) atoms. The third-order valence-electron chi connectivity index (χ3n) is 7.25. The van der Waals surface area contributed by atoms with Crippen LogP contribution in [0.4, 0.5) is 13.2 Å². The van der Waals surface area contributed by atoms with Gasteiger partial charge in [0.15, 0.2) is 0 Å². The Balaban J connectivity index is 0.000000218. The quantitative estimate of drug-likeness (QED) is 0.469. The third-order valence-corrected chi connectivity index (χ3v) is 7.25. The summed E-state index contributed by atoms with van der Waals surface area (Å²) < 4.78 is 37.6. The van der Waals surface area contributed by atoms with Gasteiger partial charge in [-0.25, -0.2) is 0 Å². The summed E-state index contributed by atoms with van der Waals surface area (Å²) in [6.45, 7) is 8.33. The third kappa shape index (κ3) is 7.59. The Morgan fingerprint density at radius 2 is 1.61 bits per heavy atom. The predicted molar refractivity (Wildman–Crippen MR) is 129 cm³/mol. The van der Waals surface area contributed by atoms with Crippen molar-refractivity contribution in [1.29, 1.82) is 0 Å². The number of allylic oxidation sites excluding steroid dienone is 2. The lowest BCUT2D eigenvalue weighted by molar-refractivity contribution is -0.138. The summed E-state index contributed by atoms with van der Waals surface area (Å²) in [5, 5.41) is 2.17. The summed E-state index contributed by atoms with van der Waals surface area (Å²) in [4.78, 5) is 14.0. The second kappa shape index (κ2) is 12.6. The van der Waals surface area contributed by atoms with Crippen LogP contribution in [0.25, 0.3) is 0 Å². The molecule has 6 heteroatoms. The first-order chi connectivity index (χ1) is 15.7. The lowest BCUT2D eigenvalue weighted by atomic mass is 9.72. The van der Waals surface area contributed by atoms with Gasteiger partial charge in [-0.05, 0) is 88.9 Å². The van der Waals surface area contributed by atoms with Crippen LogP contribution < -0.4 is 5.32 Å². The minimum atomic E-state index is -4.51. The largest absolute Gasteiger partial charge is 0.417 e. The number of nitrogens with one attached hydrogen (secondary N) is 1. The molecule has 2 aliphatic carbocycles. The fourth-order valence-corrected chi connectivity index (χ4v) is 4.98. The molecule has 4 rings (SSSR count). The van der Waals surface area contributed by atoms with Crippen molar-refractivity contribution in [3.63, 3.8) is 0 Å². The number of hydrogen-bond acceptors (Lipinski definition) is 2.